The van der Waals surface area contributed by atoms with Crippen molar-refractivity contribution in [1.29, 1.82) is 0 Å². The molecule has 0 aromatic heterocycles. The zero-order valence-corrected chi connectivity index (χ0v) is 16.4. The summed E-state index contributed by atoms with van der Waals surface area (Å²) in [6.45, 7) is 8.66. The minimum Gasteiger partial charge on any atom is -0.349 e. The average Bonchev–Trinajstić information content (AvgIpc) is 2.58. The summed E-state index contributed by atoms with van der Waals surface area (Å²) >= 11 is 0. The fourth-order valence-electron chi connectivity index (χ4n) is 4.47. The number of rotatable bonds is 4. The Hall–Kier alpha value is -2.21. The smallest absolute Gasteiger partial charge is 0.247 e. The maximum Gasteiger partial charge on any atom is 0.247 e. The summed E-state index contributed by atoms with van der Waals surface area (Å²) in [5.41, 5.74) is 3.23. The van der Waals surface area contributed by atoms with Crippen LogP contribution in [0.5, 0.6) is 0 Å². The van der Waals surface area contributed by atoms with E-state index in [0.29, 0.717) is 5.57 Å². The van der Waals surface area contributed by atoms with Gasteiger partial charge in [-0.3, -0.25) is 9.59 Å². The Morgan fingerprint density at radius 1 is 1.37 bits per heavy atom. The lowest BCUT2D eigenvalue weighted by atomic mass is 9.76. The van der Waals surface area contributed by atoms with Gasteiger partial charge >= 0.3 is 0 Å². The molecule has 2 amide bonds. The number of amides is 2. The van der Waals surface area contributed by atoms with Gasteiger partial charge in [0.25, 0.3) is 0 Å². The van der Waals surface area contributed by atoms with Gasteiger partial charge in [0.15, 0.2) is 0 Å². The van der Waals surface area contributed by atoms with Crippen molar-refractivity contribution in [2.75, 3.05) is 6.54 Å². The molecule has 0 bridgehead atoms. The van der Waals surface area contributed by atoms with Gasteiger partial charge in [-0.15, -0.1) is 0 Å². The highest BCUT2D eigenvalue weighted by Crippen LogP contribution is 2.32. The molecule has 0 radical (unpaired) electrons. The lowest BCUT2D eigenvalue weighted by molar-refractivity contribution is -0.124. The van der Waals surface area contributed by atoms with Crippen LogP contribution in [0.3, 0.4) is 0 Å². The van der Waals surface area contributed by atoms with Gasteiger partial charge in [0.05, 0.1) is 12.5 Å². The molecule has 3 N–H and O–H groups in total. The normalized spacial score (nSPS) is 26.3. The summed E-state index contributed by atoms with van der Waals surface area (Å²) in [6, 6.07) is 4.69. The minimum atomic E-state index is -0.292. The van der Waals surface area contributed by atoms with Crippen LogP contribution in [0.15, 0.2) is 29.3 Å². The first kappa shape index (κ1) is 19.5. The van der Waals surface area contributed by atoms with Crippen LogP contribution in [0, 0.1) is 18.7 Å². The van der Waals surface area contributed by atoms with Gasteiger partial charge in [-0.25, -0.2) is 4.39 Å². The zero-order valence-electron chi connectivity index (χ0n) is 16.4. The van der Waals surface area contributed by atoms with Crippen LogP contribution >= 0.6 is 0 Å². The first-order chi connectivity index (χ1) is 12.8. The molecule has 6 heteroatoms. The van der Waals surface area contributed by atoms with Gasteiger partial charge in [-0.05, 0) is 63.9 Å². The van der Waals surface area contributed by atoms with E-state index in [0.717, 1.165) is 29.7 Å². The molecule has 0 saturated carbocycles. The number of carbonyl (C=O) groups is 2. The predicted octanol–water partition coefficient (Wildman–Crippen LogP) is 2.51. The van der Waals surface area contributed by atoms with Gasteiger partial charge in [-0.2, -0.15) is 0 Å². The van der Waals surface area contributed by atoms with Crippen molar-refractivity contribution in [1.82, 2.24) is 16.0 Å². The standard InChI is InChI=1S/C21H28FN3O2/c1-11-9-15(22)5-6-16(11)13(3)24-19(26)10-17-12(2)20-14(4)23-8-7-18(20)25-21(17)27/h5-6,9,13-14,18,20,23H,7-8,10H2,1-4H3,(H,24,26)(H,25,27)/t13-,14?,18?,20?/m0/s1. The molecule has 146 valence electrons. The second kappa shape index (κ2) is 7.80. The highest BCUT2D eigenvalue weighted by Gasteiger charge is 2.39. The van der Waals surface area contributed by atoms with Crippen molar-refractivity contribution >= 4 is 11.8 Å². The Morgan fingerprint density at radius 3 is 2.81 bits per heavy atom. The van der Waals surface area contributed by atoms with E-state index in [-0.39, 0.29) is 48.1 Å². The van der Waals surface area contributed by atoms with E-state index in [1.807, 2.05) is 20.8 Å². The number of aryl methyl sites for hydroxylation is 1. The van der Waals surface area contributed by atoms with Crippen LogP contribution < -0.4 is 16.0 Å². The van der Waals surface area contributed by atoms with E-state index in [1.54, 1.807) is 6.07 Å². The number of nitrogens with one attached hydrogen (secondary N) is 3. The third-order valence-electron chi connectivity index (χ3n) is 5.87. The van der Waals surface area contributed by atoms with Crippen LogP contribution in [0.4, 0.5) is 4.39 Å². The summed E-state index contributed by atoms with van der Waals surface area (Å²) < 4.78 is 13.3. The number of halogens is 1. The van der Waals surface area contributed by atoms with Crippen LogP contribution in [0.1, 0.15) is 50.8 Å². The van der Waals surface area contributed by atoms with E-state index in [2.05, 4.69) is 22.9 Å². The highest BCUT2D eigenvalue weighted by atomic mass is 19.1. The molecular weight excluding hydrogens is 345 g/mol. The Labute approximate surface area is 159 Å². The number of benzene rings is 1. The van der Waals surface area contributed by atoms with E-state index >= 15 is 0 Å². The molecule has 27 heavy (non-hydrogen) atoms. The first-order valence-electron chi connectivity index (χ1n) is 9.57. The SMILES string of the molecule is CC1=C(CC(=O)N[C@@H](C)c2ccc(F)cc2C)C(=O)NC2CCNC(C)C12. The van der Waals surface area contributed by atoms with Crippen LogP contribution in [-0.2, 0) is 9.59 Å². The summed E-state index contributed by atoms with van der Waals surface area (Å²) in [5, 5.41) is 9.46. The van der Waals surface area contributed by atoms with E-state index in [9.17, 15) is 14.0 Å². The molecule has 4 atom stereocenters. The lowest BCUT2D eigenvalue weighted by Crippen LogP contribution is -2.57. The van der Waals surface area contributed by atoms with E-state index < -0.39 is 0 Å². The van der Waals surface area contributed by atoms with Gasteiger partial charge in [-0.1, -0.05) is 11.6 Å². The highest BCUT2D eigenvalue weighted by molar-refractivity contribution is 6.00. The lowest BCUT2D eigenvalue weighted by Gasteiger charge is -2.42. The third kappa shape index (κ3) is 4.05. The summed E-state index contributed by atoms with van der Waals surface area (Å²) in [7, 11) is 0. The van der Waals surface area contributed by atoms with Gasteiger partial charge in [0.1, 0.15) is 5.82 Å². The van der Waals surface area contributed by atoms with Crippen LogP contribution in [0.25, 0.3) is 0 Å². The molecule has 5 nitrogen and oxygen atoms in total. The summed E-state index contributed by atoms with van der Waals surface area (Å²) in [5.74, 6) is -0.413. The van der Waals surface area contributed by atoms with Crippen molar-refractivity contribution in [3.05, 3.63) is 46.3 Å². The molecule has 0 aliphatic carbocycles. The molecule has 2 aliphatic heterocycles. The average molecular weight is 373 g/mol. The molecule has 2 aliphatic rings. The Bertz CT molecular complexity index is 790. The Kier molecular flexibility index (Phi) is 5.65. The van der Waals surface area contributed by atoms with Crippen molar-refractivity contribution in [2.45, 2.75) is 58.7 Å². The van der Waals surface area contributed by atoms with Crippen LogP contribution in [-0.4, -0.2) is 30.4 Å². The monoisotopic (exact) mass is 373 g/mol. The molecular formula is C21H28FN3O2. The molecule has 2 heterocycles. The third-order valence-corrected chi connectivity index (χ3v) is 5.87. The van der Waals surface area contributed by atoms with E-state index in [1.165, 1.54) is 12.1 Å². The molecule has 1 fully saturated rings. The quantitative estimate of drug-likeness (QED) is 0.760. The maximum absolute atomic E-state index is 13.3. The van der Waals surface area contributed by atoms with Crippen molar-refractivity contribution in [3.8, 4) is 0 Å². The maximum atomic E-state index is 13.3. The van der Waals surface area contributed by atoms with Crippen molar-refractivity contribution in [3.63, 3.8) is 0 Å². The topological polar surface area (TPSA) is 70.2 Å². The minimum absolute atomic E-state index is 0.0538. The molecule has 1 aromatic rings. The number of carbonyl (C=O) groups excluding carboxylic acids is 2. The predicted molar refractivity (Wildman–Crippen MR) is 103 cm³/mol. The first-order valence-corrected chi connectivity index (χ1v) is 9.57. The second-order valence-corrected chi connectivity index (χ2v) is 7.77. The number of fused-ring (bicyclic) bond motifs is 1. The van der Waals surface area contributed by atoms with Crippen LogP contribution in [0.2, 0.25) is 0 Å². The van der Waals surface area contributed by atoms with Gasteiger partial charge < -0.3 is 16.0 Å². The van der Waals surface area contributed by atoms with Gasteiger partial charge in [0.2, 0.25) is 11.8 Å². The zero-order chi connectivity index (χ0) is 19.7. The molecule has 3 unspecified atom stereocenters. The number of hydrogen-bond acceptors (Lipinski definition) is 3. The Morgan fingerprint density at radius 2 is 2.11 bits per heavy atom. The largest absolute Gasteiger partial charge is 0.349 e. The van der Waals surface area contributed by atoms with Gasteiger partial charge in [0, 0.05) is 23.6 Å². The van der Waals surface area contributed by atoms with Crippen molar-refractivity contribution < 1.29 is 14.0 Å². The summed E-state index contributed by atoms with van der Waals surface area (Å²) in [6.07, 6.45) is 0.955. The number of piperidine rings is 1. The number of hydrogen-bond donors (Lipinski definition) is 3. The van der Waals surface area contributed by atoms with Crippen molar-refractivity contribution in [2.24, 2.45) is 5.92 Å². The summed E-state index contributed by atoms with van der Waals surface area (Å²) in [4.78, 5) is 25.1. The molecule has 1 saturated heterocycles. The Balaban J connectivity index is 1.72. The molecule has 0 spiro atoms. The fourth-order valence-corrected chi connectivity index (χ4v) is 4.47. The fraction of sp³-hybridized carbons (Fsp3) is 0.524. The second-order valence-electron chi connectivity index (χ2n) is 7.77. The molecule has 3 rings (SSSR count). The molecule has 1 aromatic carbocycles. The van der Waals surface area contributed by atoms with E-state index in [4.69, 9.17) is 0 Å².